The molecule has 0 saturated carbocycles. The monoisotopic (exact) mass is 410 g/mol. The fraction of sp³-hybridized carbons (Fsp3) is 0.0667. The molecule has 0 fully saturated rings. The van der Waals surface area contributed by atoms with Crippen LogP contribution in [0.1, 0.15) is 11.5 Å². The molecule has 2 unspecified atom stereocenters. The van der Waals surface area contributed by atoms with Crippen molar-refractivity contribution in [3.8, 4) is 5.69 Å². The molecule has 0 spiro atoms. The molecule has 2 atom stereocenters. The summed E-state index contributed by atoms with van der Waals surface area (Å²) in [4.78, 5) is 2.51. The maximum atomic E-state index is 2.51. The van der Waals surface area contributed by atoms with E-state index in [0.29, 0.717) is 12.0 Å². The molecule has 2 nitrogen and oxygen atoms in total. The molecule has 7 rings (SSSR count). The van der Waals surface area contributed by atoms with Crippen LogP contribution in [0.2, 0.25) is 0 Å². The van der Waals surface area contributed by atoms with Gasteiger partial charge in [0, 0.05) is 33.8 Å². The highest BCUT2D eigenvalue weighted by molar-refractivity contribution is 6.10. The normalized spacial score (nSPS) is 18.9. The molecule has 152 valence electrons. The lowest BCUT2D eigenvalue weighted by Gasteiger charge is -2.28. The third-order valence-corrected chi connectivity index (χ3v) is 6.91. The van der Waals surface area contributed by atoms with E-state index in [-0.39, 0.29) is 0 Å². The first kappa shape index (κ1) is 17.6. The number of nitrogens with zero attached hydrogens (tertiary/aromatic N) is 2. The third kappa shape index (κ3) is 2.41. The van der Waals surface area contributed by atoms with Crippen molar-refractivity contribution in [1.82, 2.24) is 4.57 Å². The van der Waals surface area contributed by atoms with Crippen LogP contribution in [0.15, 0.2) is 121 Å². The van der Waals surface area contributed by atoms with Crippen molar-refractivity contribution in [3.63, 3.8) is 0 Å². The molecule has 1 aromatic heterocycles. The number of aromatic nitrogens is 1. The highest BCUT2D eigenvalue weighted by Crippen LogP contribution is 2.48. The van der Waals surface area contributed by atoms with Crippen molar-refractivity contribution in [1.29, 1.82) is 0 Å². The van der Waals surface area contributed by atoms with E-state index >= 15 is 0 Å². The van der Waals surface area contributed by atoms with Crippen LogP contribution in [-0.2, 0) is 0 Å². The van der Waals surface area contributed by atoms with Gasteiger partial charge in [-0.3, -0.25) is 0 Å². The van der Waals surface area contributed by atoms with Crippen LogP contribution in [0.3, 0.4) is 0 Å². The Hall–Kier alpha value is -4.04. The number of allylic oxidation sites excluding steroid dienone is 2. The van der Waals surface area contributed by atoms with E-state index in [2.05, 4.69) is 131 Å². The maximum Gasteiger partial charge on any atom is 0.0629 e. The molecule has 4 aromatic carbocycles. The second kappa shape index (κ2) is 6.73. The molecule has 0 saturated heterocycles. The number of rotatable bonds is 2. The van der Waals surface area contributed by atoms with Gasteiger partial charge in [-0.05, 0) is 48.0 Å². The zero-order chi connectivity index (χ0) is 21.1. The summed E-state index contributed by atoms with van der Waals surface area (Å²) in [5.74, 6) is 0.401. The summed E-state index contributed by atoms with van der Waals surface area (Å²) in [7, 11) is 0. The molecule has 0 amide bonds. The summed E-state index contributed by atoms with van der Waals surface area (Å²) in [6.07, 6.45) is 9.03. The summed E-state index contributed by atoms with van der Waals surface area (Å²) >= 11 is 0. The van der Waals surface area contributed by atoms with Gasteiger partial charge in [0.1, 0.15) is 0 Å². The Morgan fingerprint density at radius 3 is 2.25 bits per heavy atom. The largest absolute Gasteiger partial charge is 0.333 e. The first-order valence-corrected chi connectivity index (χ1v) is 11.2. The van der Waals surface area contributed by atoms with Gasteiger partial charge in [0.05, 0.1) is 17.1 Å². The van der Waals surface area contributed by atoms with Crippen LogP contribution in [0, 0.1) is 0 Å². The molecule has 2 heteroatoms. The van der Waals surface area contributed by atoms with E-state index in [1.54, 1.807) is 0 Å². The predicted molar refractivity (Wildman–Crippen MR) is 134 cm³/mol. The van der Waals surface area contributed by atoms with Crippen molar-refractivity contribution in [3.05, 3.63) is 127 Å². The first-order chi connectivity index (χ1) is 15.9. The molecule has 1 aliphatic carbocycles. The van der Waals surface area contributed by atoms with Gasteiger partial charge in [0.2, 0.25) is 0 Å². The number of para-hydroxylation sites is 3. The van der Waals surface area contributed by atoms with Gasteiger partial charge in [-0.15, -0.1) is 0 Å². The topological polar surface area (TPSA) is 8.17 Å². The molecule has 32 heavy (non-hydrogen) atoms. The lowest BCUT2D eigenvalue weighted by Crippen LogP contribution is -2.28. The Balaban J connectivity index is 1.48. The van der Waals surface area contributed by atoms with Crippen LogP contribution < -0.4 is 4.90 Å². The van der Waals surface area contributed by atoms with Crippen LogP contribution in [0.5, 0.6) is 0 Å². The van der Waals surface area contributed by atoms with Crippen LogP contribution in [0.4, 0.5) is 11.4 Å². The minimum Gasteiger partial charge on any atom is -0.333 e. The molecular weight excluding hydrogens is 388 g/mol. The molecule has 2 aliphatic rings. The van der Waals surface area contributed by atoms with Gasteiger partial charge in [0.15, 0.2) is 0 Å². The van der Waals surface area contributed by atoms with E-state index in [1.165, 1.54) is 44.4 Å². The van der Waals surface area contributed by atoms with Gasteiger partial charge in [-0.2, -0.15) is 0 Å². The van der Waals surface area contributed by atoms with Gasteiger partial charge in [-0.1, -0.05) is 78.9 Å². The summed E-state index contributed by atoms with van der Waals surface area (Å²) < 4.78 is 2.37. The molecule has 1 aliphatic heterocycles. The van der Waals surface area contributed by atoms with Crippen LogP contribution >= 0.6 is 0 Å². The summed E-state index contributed by atoms with van der Waals surface area (Å²) in [5.41, 5.74) is 7.64. The van der Waals surface area contributed by atoms with E-state index in [4.69, 9.17) is 0 Å². The molecule has 2 heterocycles. The minimum absolute atomic E-state index is 0.317. The Kier molecular flexibility index (Phi) is 3.71. The van der Waals surface area contributed by atoms with E-state index in [1.807, 2.05) is 0 Å². The number of fused-ring (bicyclic) bond motifs is 6. The Labute approximate surface area is 187 Å². The van der Waals surface area contributed by atoms with Crippen molar-refractivity contribution in [2.45, 2.75) is 12.0 Å². The second-order valence-electron chi connectivity index (χ2n) is 8.60. The highest BCUT2D eigenvalue weighted by Gasteiger charge is 2.37. The SMILES string of the molecule is C1=CC2c3ccccc3N(c3ccc4c(c3)c3ccccc3n4-c3ccccc3)C2C=C1. The standard InChI is InChI=1S/C30H22N2/c1-2-10-21(11-3-1)31-29-17-9-6-14-25(29)26-20-22(18-19-30(26)31)32-27-15-7-4-12-23(27)24-13-5-8-16-28(24)32/h1-20,23,27H. The highest BCUT2D eigenvalue weighted by atomic mass is 15.2. The molecule has 0 bridgehead atoms. The zero-order valence-corrected chi connectivity index (χ0v) is 17.6. The second-order valence-corrected chi connectivity index (χ2v) is 8.60. The van der Waals surface area contributed by atoms with Gasteiger partial charge < -0.3 is 9.47 Å². The average molecular weight is 411 g/mol. The Bertz CT molecular complexity index is 1540. The molecule has 0 radical (unpaired) electrons. The molecular formula is C30H22N2. The first-order valence-electron chi connectivity index (χ1n) is 11.2. The summed E-state index contributed by atoms with van der Waals surface area (Å²) in [5, 5.41) is 2.58. The van der Waals surface area contributed by atoms with Gasteiger partial charge >= 0.3 is 0 Å². The van der Waals surface area contributed by atoms with E-state index in [9.17, 15) is 0 Å². The lowest BCUT2D eigenvalue weighted by molar-refractivity contribution is 0.745. The number of hydrogen-bond acceptors (Lipinski definition) is 1. The Morgan fingerprint density at radius 1 is 0.562 bits per heavy atom. The molecule has 5 aromatic rings. The number of benzene rings is 4. The quantitative estimate of drug-likeness (QED) is 0.292. The Morgan fingerprint density at radius 2 is 1.31 bits per heavy atom. The van der Waals surface area contributed by atoms with Crippen LogP contribution in [0.25, 0.3) is 27.5 Å². The molecule has 0 N–H and O–H groups in total. The van der Waals surface area contributed by atoms with Crippen LogP contribution in [-0.4, -0.2) is 10.6 Å². The maximum absolute atomic E-state index is 2.51. The number of anilines is 2. The van der Waals surface area contributed by atoms with Crippen molar-refractivity contribution in [2.24, 2.45) is 0 Å². The smallest absolute Gasteiger partial charge is 0.0629 e. The summed E-state index contributed by atoms with van der Waals surface area (Å²) in [6, 6.07) is 35.5. The van der Waals surface area contributed by atoms with Crippen molar-refractivity contribution < 1.29 is 0 Å². The minimum atomic E-state index is 0.317. The van der Waals surface area contributed by atoms with Gasteiger partial charge in [0.25, 0.3) is 0 Å². The fourth-order valence-corrected chi connectivity index (χ4v) is 5.56. The lowest BCUT2D eigenvalue weighted by atomic mass is 9.91. The van der Waals surface area contributed by atoms with Crippen molar-refractivity contribution >= 4 is 33.2 Å². The van der Waals surface area contributed by atoms with E-state index < -0.39 is 0 Å². The predicted octanol–water partition coefficient (Wildman–Crippen LogP) is 7.51. The average Bonchev–Trinajstić information content (AvgIpc) is 3.37. The number of hydrogen-bond donors (Lipinski definition) is 0. The van der Waals surface area contributed by atoms with Gasteiger partial charge in [-0.25, -0.2) is 0 Å². The van der Waals surface area contributed by atoms with Crippen molar-refractivity contribution in [2.75, 3.05) is 4.90 Å². The van der Waals surface area contributed by atoms with E-state index in [0.717, 1.165) is 0 Å². The zero-order valence-electron chi connectivity index (χ0n) is 17.6. The fourth-order valence-electron chi connectivity index (χ4n) is 5.56. The third-order valence-electron chi connectivity index (χ3n) is 6.91. The summed E-state index contributed by atoms with van der Waals surface area (Å²) in [6.45, 7) is 0.